The Morgan fingerprint density at radius 1 is 1.29 bits per heavy atom. The van der Waals surface area contributed by atoms with Crippen molar-refractivity contribution in [1.82, 2.24) is 0 Å². The van der Waals surface area contributed by atoms with Gasteiger partial charge in [0.15, 0.2) is 0 Å². The first-order valence-electron chi connectivity index (χ1n) is 6.17. The Balaban J connectivity index is 1.96. The van der Waals surface area contributed by atoms with E-state index in [-0.39, 0.29) is 5.60 Å². The molecule has 4 rings (SSSR count). The number of rotatable bonds is 0. The van der Waals surface area contributed by atoms with Gasteiger partial charge in [-0.05, 0) is 38.3 Å². The van der Waals surface area contributed by atoms with Crippen LogP contribution < -0.4 is 4.74 Å². The van der Waals surface area contributed by atoms with Gasteiger partial charge in [-0.15, -0.1) is 0 Å². The van der Waals surface area contributed by atoms with Crippen LogP contribution in [0.15, 0.2) is 18.2 Å². The first-order chi connectivity index (χ1) is 8.01. The van der Waals surface area contributed by atoms with Gasteiger partial charge in [0.2, 0.25) is 0 Å². The Kier molecular flexibility index (Phi) is 1.47. The van der Waals surface area contributed by atoms with Crippen LogP contribution in [0.1, 0.15) is 30.9 Å². The Labute approximate surface area is 100 Å². The van der Waals surface area contributed by atoms with Gasteiger partial charge >= 0.3 is 0 Å². The van der Waals surface area contributed by atoms with Crippen molar-refractivity contribution in [2.24, 2.45) is 0 Å². The number of aliphatic hydroxyl groups is 1. The van der Waals surface area contributed by atoms with Gasteiger partial charge < -0.3 is 14.6 Å². The van der Waals surface area contributed by atoms with Gasteiger partial charge in [-0.25, -0.2) is 0 Å². The van der Waals surface area contributed by atoms with Crippen LogP contribution in [0.3, 0.4) is 0 Å². The molecule has 2 aliphatic heterocycles. The van der Waals surface area contributed by atoms with E-state index < -0.39 is 11.2 Å². The lowest BCUT2D eigenvalue weighted by Crippen LogP contribution is -2.84. The van der Waals surface area contributed by atoms with E-state index in [4.69, 9.17) is 9.47 Å². The van der Waals surface area contributed by atoms with Crippen LogP contribution in [0.5, 0.6) is 5.75 Å². The number of fused-ring (bicyclic) bond motifs is 2. The lowest BCUT2D eigenvalue weighted by atomic mass is 9.52. The summed E-state index contributed by atoms with van der Waals surface area (Å²) in [6.45, 7) is 4.48. The number of hydrogen-bond acceptors (Lipinski definition) is 3. The molecule has 1 saturated carbocycles. The molecule has 90 valence electrons. The highest BCUT2D eigenvalue weighted by molar-refractivity contribution is 5.50. The van der Waals surface area contributed by atoms with Gasteiger partial charge in [-0.2, -0.15) is 0 Å². The molecule has 0 aromatic heterocycles. The van der Waals surface area contributed by atoms with Crippen molar-refractivity contribution in [2.45, 2.75) is 43.5 Å². The fourth-order valence-electron chi connectivity index (χ4n) is 3.68. The van der Waals surface area contributed by atoms with E-state index in [1.807, 2.05) is 32.0 Å². The van der Waals surface area contributed by atoms with Crippen LogP contribution in [0.25, 0.3) is 0 Å². The SMILES string of the molecule is Cc1ccc2c(c1)O[C@@]1(C)CC[C@]13OC[C@]23O. The second-order valence-electron chi connectivity index (χ2n) is 5.81. The van der Waals surface area contributed by atoms with Crippen molar-refractivity contribution in [1.29, 1.82) is 0 Å². The van der Waals surface area contributed by atoms with Crippen molar-refractivity contribution in [3.05, 3.63) is 29.3 Å². The highest BCUT2D eigenvalue weighted by Crippen LogP contribution is 2.66. The second kappa shape index (κ2) is 2.52. The molecule has 3 nitrogen and oxygen atoms in total. The molecular weight excluding hydrogens is 216 g/mol. The van der Waals surface area contributed by atoms with E-state index in [0.29, 0.717) is 6.61 Å². The average molecular weight is 232 g/mol. The first kappa shape index (κ1) is 9.92. The number of benzene rings is 1. The topological polar surface area (TPSA) is 38.7 Å². The molecule has 1 aromatic rings. The molecule has 1 aromatic carbocycles. The third-order valence-electron chi connectivity index (χ3n) is 4.92. The molecule has 2 heterocycles. The van der Waals surface area contributed by atoms with E-state index in [1.165, 1.54) is 0 Å². The molecule has 0 bridgehead atoms. The standard InChI is InChI=1S/C14H16O3/c1-9-3-4-10-11(7-9)17-12(2)5-6-14(12)13(10,15)8-16-14/h3-4,7,15H,5-6,8H2,1-2H3/t12-,13-,14-/m0/s1. The van der Waals surface area contributed by atoms with Crippen LogP contribution in [0.4, 0.5) is 0 Å². The van der Waals surface area contributed by atoms with E-state index in [2.05, 4.69) is 0 Å². The van der Waals surface area contributed by atoms with Gasteiger partial charge in [0.1, 0.15) is 22.6 Å². The van der Waals surface area contributed by atoms with Crippen LogP contribution in [0.2, 0.25) is 0 Å². The van der Waals surface area contributed by atoms with Crippen molar-refractivity contribution in [3.8, 4) is 5.75 Å². The molecule has 0 radical (unpaired) electrons. The molecule has 1 aliphatic carbocycles. The highest BCUT2D eigenvalue weighted by atomic mass is 16.6. The Morgan fingerprint density at radius 3 is 2.71 bits per heavy atom. The van der Waals surface area contributed by atoms with Crippen molar-refractivity contribution in [3.63, 3.8) is 0 Å². The zero-order valence-corrected chi connectivity index (χ0v) is 10.1. The summed E-state index contributed by atoms with van der Waals surface area (Å²) in [6.07, 6.45) is 1.83. The Bertz CT molecular complexity index is 522. The highest BCUT2D eigenvalue weighted by Gasteiger charge is 2.78. The maximum Gasteiger partial charge on any atom is 0.149 e. The average Bonchev–Trinajstić information content (AvgIpc) is 2.24. The fourth-order valence-corrected chi connectivity index (χ4v) is 3.68. The molecule has 2 fully saturated rings. The van der Waals surface area contributed by atoms with E-state index >= 15 is 0 Å². The van der Waals surface area contributed by atoms with E-state index in [9.17, 15) is 5.11 Å². The summed E-state index contributed by atoms with van der Waals surface area (Å²) >= 11 is 0. The zero-order valence-electron chi connectivity index (χ0n) is 10.1. The molecule has 0 amide bonds. The third kappa shape index (κ3) is 0.829. The lowest BCUT2D eigenvalue weighted by molar-refractivity contribution is -0.408. The van der Waals surface area contributed by atoms with E-state index in [1.54, 1.807) is 0 Å². The minimum Gasteiger partial charge on any atom is -0.484 e. The van der Waals surface area contributed by atoms with Crippen LogP contribution in [-0.2, 0) is 10.3 Å². The zero-order chi connectivity index (χ0) is 11.9. The summed E-state index contributed by atoms with van der Waals surface area (Å²) in [4.78, 5) is 0. The van der Waals surface area contributed by atoms with Crippen LogP contribution in [0, 0.1) is 6.92 Å². The van der Waals surface area contributed by atoms with Gasteiger partial charge in [-0.1, -0.05) is 12.1 Å². The number of ether oxygens (including phenoxy) is 2. The molecule has 1 spiro atoms. The predicted octanol–water partition coefficient (Wildman–Crippen LogP) is 1.90. The summed E-state index contributed by atoms with van der Waals surface area (Å²) in [5, 5.41) is 10.9. The van der Waals surface area contributed by atoms with Crippen molar-refractivity contribution < 1.29 is 14.6 Å². The molecule has 17 heavy (non-hydrogen) atoms. The molecule has 3 aliphatic rings. The maximum atomic E-state index is 10.9. The van der Waals surface area contributed by atoms with Crippen LogP contribution in [-0.4, -0.2) is 22.9 Å². The van der Waals surface area contributed by atoms with E-state index in [0.717, 1.165) is 29.7 Å². The van der Waals surface area contributed by atoms with Gasteiger partial charge in [0.25, 0.3) is 0 Å². The maximum absolute atomic E-state index is 10.9. The number of aryl methyl sites for hydroxylation is 1. The summed E-state index contributed by atoms with van der Waals surface area (Å²) in [7, 11) is 0. The Hall–Kier alpha value is -1.06. The predicted molar refractivity (Wildman–Crippen MR) is 62.0 cm³/mol. The lowest BCUT2D eigenvalue weighted by Gasteiger charge is -2.71. The number of hydrogen-bond donors (Lipinski definition) is 1. The molecular formula is C14H16O3. The van der Waals surface area contributed by atoms with Gasteiger partial charge in [-0.3, -0.25) is 0 Å². The van der Waals surface area contributed by atoms with Gasteiger partial charge in [0, 0.05) is 5.56 Å². The summed E-state index contributed by atoms with van der Waals surface area (Å²) in [6, 6.07) is 6.01. The molecule has 3 atom stereocenters. The smallest absolute Gasteiger partial charge is 0.149 e. The third-order valence-corrected chi connectivity index (χ3v) is 4.92. The monoisotopic (exact) mass is 232 g/mol. The largest absolute Gasteiger partial charge is 0.484 e. The minimum atomic E-state index is -0.846. The second-order valence-corrected chi connectivity index (χ2v) is 5.81. The summed E-state index contributed by atoms with van der Waals surface area (Å²) in [5.74, 6) is 0.827. The van der Waals surface area contributed by atoms with Crippen molar-refractivity contribution in [2.75, 3.05) is 6.61 Å². The normalized spacial score (nSPS) is 45.6. The fraction of sp³-hybridized carbons (Fsp3) is 0.571. The summed E-state index contributed by atoms with van der Waals surface area (Å²) in [5.41, 5.74) is 0.346. The molecule has 0 unspecified atom stereocenters. The minimum absolute atomic E-state index is 0.360. The van der Waals surface area contributed by atoms with Crippen LogP contribution >= 0.6 is 0 Å². The first-order valence-corrected chi connectivity index (χ1v) is 6.17. The Morgan fingerprint density at radius 2 is 2.12 bits per heavy atom. The molecule has 1 N–H and O–H groups in total. The van der Waals surface area contributed by atoms with Gasteiger partial charge in [0.05, 0.1) is 6.61 Å². The van der Waals surface area contributed by atoms with Crippen molar-refractivity contribution >= 4 is 0 Å². The summed E-state index contributed by atoms with van der Waals surface area (Å²) < 4.78 is 11.8. The quantitative estimate of drug-likeness (QED) is 0.742. The molecule has 3 heteroatoms. The molecule has 1 saturated heterocycles.